The zero-order valence-corrected chi connectivity index (χ0v) is 15.7. The Morgan fingerprint density at radius 2 is 2.08 bits per heavy atom. The van der Waals surface area contributed by atoms with E-state index in [0.29, 0.717) is 11.7 Å². The van der Waals surface area contributed by atoms with E-state index in [9.17, 15) is 4.79 Å². The van der Waals surface area contributed by atoms with E-state index in [1.165, 1.54) is 12.8 Å². The number of aromatic nitrogens is 3. The first-order valence-electron chi connectivity index (χ1n) is 8.86. The van der Waals surface area contributed by atoms with Crippen LogP contribution in [0.5, 0.6) is 0 Å². The fraction of sp³-hybridized carbons (Fsp3) is 0.556. The highest BCUT2D eigenvalue weighted by Gasteiger charge is 2.22. The Hall–Kier alpha value is -2.64. The summed E-state index contributed by atoms with van der Waals surface area (Å²) in [5.41, 5.74) is 0.272. The van der Waals surface area contributed by atoms with Gasteiger partial charge in [-0.3, -0.25) is 0 Å². The Morgan fingerprint density at radius 1 is 1.35 bits per heavy atom. The predicted molar refractivity (Wildman–Crippen MR) is 96.8 cm³/mol. The van der Waals surface area contributed by atoms with Gasteiger partial charge in [0.1, 0.15) is 17.5 Å². The molecule has 1 amide bonds. The molecule has 0 spiro atoms. The van der Waals surface area contributed by atoms with Gasteiger partial charge in [0.15, 0.2) is 0 Å². The highest BCUT2D eigenvalue weighted by atomic mass is 16.6. The van der Waals surface area contributed by atoms with E-state index in [0.717, 1.165) is 24.5 Å². The molecule has 2 aromatic rings. The number of rotatable bonds is 4. The quantitative estimate of drug-likeness (QED) is 0.895. The molecule has 0 saturated carbocycles. The van der Waals surface area contributed by atoms with Crippen LogP contribution in [-0.4, -0.2) is 39.9 Å². The number of ether oxygens (including phenoxy) is 1. The largest absolute Gasteiger partial charge is 0.444 e. The molecule has 1 unspecified atom stereocenters. The van der Waals surface area contributed by atoms with Crippen LogP contribution in [-0.2, 0) is 4.74 Å². The lowest BCUT2D eigenvalue weighted by Crippen LogP contribution is -2.34. The molecule has 8 nitrogen and oxygen atoms in total. The molecule has 0 bridgehead atoms. The van der Waals surface area contributed by atoms with Crippen molar-refractivity contribution >= 4 is 11.9 Å². The summed E-state index contributed by atoms with van der Waals surface area (Å²) in [6, 6.07) is 3.36. The SMILES string of the molecule is CC(NC(=O)OC(C)(C)C)c1nc(-c2ccnc(N3CCCC3)c2)no1. The summed E-state index contributed by atoms with van der Waals surface area (Å²) in [5.74, 6) is 1.72. The van der Waals surface area contributed by atoms with Crippen LogP contribution in [0.4, 0.5) is 10.6 Å². The minimum Gasteiger partial charge on any atom is -0.444 e. The summed E-state index contributed by atoms with van der Waals surface area (Å²) in [7, 11) is 0. The molecule has 3 heterocycles. The van der Waals surface area contributed by atoms with Gasteiger partial charge in [-0.05, 0) is 52.7 Å². The minimum atomic E-state index is -0.563. The lowest BCUT2D eigenvalue weighted by Gasteiger charge is -2.20. The van der Waals surface area contributed by atoms with Gasteiger partial charge in [0, 0.05) is 24.8 Å². The number of nitrogens with one attached hydrogen (secondary N) is 1. The van der Waals surface area contributed by atoms with Crippen LogP contribution in [0.3, 0.4) is 0 Å². The van der Waals surface area contributed by atoms with Crippen LogP contribution in [0.25, 0.3) is 11.4 Å². The van der Waals surface area contributed by atoms with Crippen LogP contribution < -0.4 is 10.2 Å². The third-order valence-corrected chi connectivity index (χ3v) is 3.98. The van der Waals surface area contributed by atoms with Crippen molar-refractivity contribution in [2.24, 2.45) is 0 Å². The van der Waals surface area contributed by atoms with Gasteiger partial charge in [0.05, 0.1) is 0 Å². The van der Waals surface area contributed by atoms with Crippen LogP contribution >= 0.6 is 0 Å². The van der Waals surface area contributed by atoms with Crippen molar-refractivity contribution in [1.82, 2.24) is 20.4 Å². The topological polar surface area (TPSA) is 93.4 Å². The molecule has 3 rings (SSSR count). The Labute approximate surface area is 152 Å². The molecule has 26 heavy (non-hydrogen) atoms. The van der Waals surface area contributed by atoms with Crippen molar-refractivity contribution in [2.45, 2.75) is 52.2 Å². The molecule has 1 aliphatic rings. The molecular weight excluding hydrogens is 334 g/mol. The molecule has 0 aliphatic carbocycles. The first-order chi connectivity index (χ1) is 12.3. The number of hydrogen-bond acceptors (Lipinski definition) is 7. The summed E-state index contributed by atoms with van der Waals surface area (Å²) in [6.07, 6.45) is 3.60. The average Bonchev–Trinajstić information content (AvgIpc) is 3.25. The molecule has 0 radical (unpaired) electrons. The van der Waals surface area contributed by atoms with Crippen molar-refractivity contribution in [3.8, 4) is 11.4 Å². The standard InChI is InChI=1S/C18H25N5O3/c1-12(20-17(24)25-18(2,3)4)16-21-15(22-26-16)13-7-8-19-14(11-13)23-9-5-6-10-23/h7-8,11-12H,5-6,9-10H2,1-4H3,(H,20,24). The normalized spacial score (nSPS) is 15.8. The highest BCUT2D eigenvalue weighted by Crippen LogP contribution is 2.24. The van der Waals surface area contributed by atoms with Crippen LogP contribution in [0, 0.1) is 0 Å². The van der Waals surface area contributed by atoms with Gasteiger partial charge in [0.25, 0.3) is 0 Å². The number of carbonyl (C=O) groups excluding carboxylic acids is 1. The number of pyridine rings is 1. The molecule has 0 aromatic carbocycles. The molecule has 140 valence electrons. The molecule has 2 aromatic heterocycles. The first-order valence-corrected chi connectivity index (χ1v) is 8.86. The van der Waals surface area contributed by atoms with Crippen molar-refractivity contribution in [3.63, 3.8) is 0 Å². The lowest BCUT2D eigenvalue weighted by atomic mass is 10.2. The van der Waals surface area contributed by atoms with Gasteiger partial charge in [0.2, 0.25) is 11.7 Å². The van der Waals surface area contributed by atoms with E-state index in [-0.39, 0.29) is 0 Å². The number of nitrogens with zero attached hydrogens (tertiary/aromatic N) is 4. The minimum absolute atomic E-state index is 0.324. The molecule has 1 atom stereocenters. The Balaban J connectivity index is 1.69. The fourth-order valence-electron chi connectivity index (χ4n) is 2.75. The van der Waals surface area contributed by atoms with E-state index in [2.05, 4.69) is 25.3 Å². The molecule has 8 heteroatoms. The molecule has 1 saturated heterocycles. The molecule has 1 fully saturated rings. The van der Waals surface area contributed by atoms with Gasteiger partial charge in [-0.15, -0.1) is 0 Å². The van der Waals surface area contributed by atoms with Crippen molar-refractivity contribution in [1.29, 1.82) is 0 Å². The maximum absolute atomic E-state index is 11.9. The third kappa shape index (κ3) is 4.50. The predicted octanol–water partition coefficient (Wildman–Crippen LogP) is 3.32. The Bertz CT molecular complexity index is 762. The second kappa shape index (κ2) is 7.31. The molecule has 1 N–H and O–H groups in total. The number of hydrogen-bond donors (Lipinski definition) is 1. The van der Waals surface area contributed by atoms with Gasteiger partial charge in [-0.2, -0.15) is 4.98 Å². The monoisotopic (exact) mass is 359 g/mol. The van der Waals surface area contributed by atoms with Crippen molar-refractivity contribution in [3.05, 3.63) is 24.2 Å². The van der Waals surface area contributed by atoms with E-state index in [1.54, 1.807) is 13.1 Å². The van der Waals surface area contributed by atoms with Crippen molar-refractivity contribution < 1.29 is 14.1 Å². The maximum atomic E-state index is 11.9. The zero-order chi connectivity index (χ0) is 18.7. The van der Waals surface area contributed by atoms with Crippen LogP contribution in [0.1, 0.15) is 52.5 Å². The van der Waals surface area contributed by atoms with Gasteiger partial charge in [-0.25, -0.2) is 9.78 Å². The van der Waals surface area contributed by atoms with Crippen molar-refractivity contribution in [2.75, 3.05) is 18.0 Å². The number of carbonyl (C=O) groups is 1. The summed E-state index contributed by atoms with van der Waals surface area (Å²) in [5, 5.41) is 6.73. The van der Waals surface area contributed by atoms with E-state index < -0.39 is 17.7 Å². The van der Waals surface area contributed by atoms with Gasteiger partial charge in [-0.1, -0.05) is 5.16 Å². The van der Waals surface area contributed by atoms with Gasteiger partial charge >= 0.3 is 6.09 Å². The number of anilines is 1. The van der Waals surface area contributed by atoms with E-state index in [1.807, 2.05) is 32.9 Å². The highest BCUT2D eigenvalue weighted by molar-refractivity contribution is 5.68. The summed E-state index contributed by atoms with van der Waals surface area (Å²) in [4.78, 5) is 23.0. The zero-order valence-electron chi connectivity index (χ0n) is 15.7. The smallest absolute Gasteiger partial charge is 0.408 e. The second-order valence-electron chi connectivity index (χ2n) is 7.42. The van der Waals surface area contributed by atoms with E-state index >= 15 is 0 Å². The second-order valence-corrected chi connectivity index (χ2v) is 7.42. The number of alkyl carbamates (subject to hydrolysis) is 1. The summed E-state index contributed by atoms with van der Waals surface area (Å²) >= 11 is 0. The molecular formula is C18H25N5O3. The third-order valence-electron chi connectivity index (χ3n) is 3.98. The van der Waals surface area contributed by atoms with E-state index in [4.69, 9.17) is 9.26 Å². The summed E-state index contributed by atoms with van der Waals surface area (Å²) in [6.45, 7) is 9.23. The maximum Gasteiger partial charge on any atom is 0.408 e. The Morgan fingerprint density at radius 3 is 2.77 bits per heavy atom. The van der Waals surface area contributed by atoms with Crippen LogP contribution in [0.2, 0.25) is 0 Å². The fourth-order valence-corrected chi connectivity index (χ4v) is 2.75. The summed E-state index contributed by atoms with van der Waals surface area (Å²) < 4.78 is 10.6. The van der Waals surface area contributed by atoms with Crippen LogP contribution in [0.15, 0.2) is 22.9 Å². The first kappa shape index (κ1) is 18.2. The number of amides is 1. The molecule has 1 aliphatic heterocycles. The van der Waals surface area contributed by atoms with Gasteiger partial charge < -0.3 is 19.5 Å². The Kier molecular flexibility index (Phi) is 5.11. The average molecular weight is 359 g/mol. The lowest BCUT2D eigenvalue weighted by molar-refractivity contribution is 0.0499.